The van der Waals surface area contributed by atoms with Crippen molar-refractivity contribution in [2.45, 2.75) is 6.92 Å². The topological polar surface area (TPSA) is 43.6 Å². The standard InChI is InChI=1S/C46H30F2N4/c1-29-11-10-16-32(23-29)34-19-21-39-38-17-8-9-18-41(38)52(43(39)27-34)42-22-20-33(35-24-36(47)28-37(48)25-35)26-40(42)46-50-44(30-12-4-2-5-13-30)49-45(51-46)31-14-6-3-7-15-31/h2-28H,1H3. The zero-order valence-corrected chi connectivity index (χ0v) is 28.1. The van der Waals surface area contributed by atoms with Gasteiger partial charge in [0.25, 0.3) is 0 Å². The Morgan fingerprint density at radius 3 is 1.65 bits per heavy atom. The van der Waals surface area contributed by atoms with Crippen molar-refractivity contribution in [1.29, 1.82) is 0 Å². The van der Waals surface area contributed by atoms with E-state index in [-0.39, 0.29) is 0 Å². The van der Waals surface area contributed by atoms with Gasteiger partial charge in [-0.2, -0.15) is 0 Å². The van der Waals surface area contributed by atoms with E-state index in [1.165, 1.54) is 17.7 Å². The molecule has 6 heteroatoms. The molecular formula is C46H30F2N4. The number of benzene rings is 7. The summed E-state index contributed by atoms with van der Waals surface area (Å²) in [6.07, 6.45) is 0. The molecule has 2 aromatic heterocycles. The van der Waals surface area contributed by atoms with Crippen molar-refractivity contribution in [3.63, 3.8) is 0 Å². The maximum atomic E-state index is 14.6. The lowest BCUT2D eigenvalue weighted by Gasteiger charge is -2.17. The van der Waals surface area contributed by atoms with Crippen LogP contribution in [0.4, 0.5) is 8.78 Å². The van der Waals surface area contributed by atoms with Crippen LogP contribution in [-0.4, -0.2) is 19.5 Å². The number of hydrogen-bond donors (Lipinski definition) is 0. The first kappa shape index (κ1) is 31.2. The van der Waals surface area contributed by atoms with E-state index in [9.17, 15) is 8.78 Å². The molecule has 248 valence electrons. The van der Waals surface area contributed by atoms with Crippen LogP contribution in [0.15, 0.2) is 164 Å². The molecule has 9 aromatic rings. The Morgan fingerprint density at radius 2 is 0.962 bits per heavy atom. The summed E-state index contributed by atoms with van der Waals surface area (Å²) in [6.45, 7) is 2.10. The highest BCUT2D eigenvalue weighted by molar-refractivity contribution is 6.10. The molecule has 0 saturated carbocycles. The second kappa shape index (κ2) is 12.8. The van der Waals surface area contributed by atoms with Crippen LogP contribution in [-0.2, 0) is 0 Å². The molecule has 9 rings (SSSR count). The van der Waals surface area contributed by atoms with Gasteiger partial charge in [0.15, 0.2) is 17.5 Å². The van der Waals surface area contributed by atoms with Crippen LogP contribution in [0.5, 0.6) is 0 Å². The van der Waals surface area contributed by atoms with Crippen LogP contribution in [0.3, 0.4) is 0 Å². The molecule has 0 saturated heterocycles. The first-order valence-electron chi connectivity index (χ1n) is 17.1. The molecule has 0 aliphatic carbocycles. The smallest absolute Gasteiger partial charge is 0.166 e. The van der Waals surface area contributed by atoms with Crippen LogP contribution < -0.4 is 0 Å². The third-order valence-corrected chi connectivity index (χ3v) is 9.40. The number of fused-ring (bicyclic) bond motifs is 3. The molecule has 7 aromatic carbocycles. The summed E-state index contributed by atoms with van der Waals surface area (Å²) in [6, 6.07) is 52.4. The number of aromatic nitrogens is 4. The summed E-state index contributed by atoms with van der Waals surface area (Å²) in [5, 5.41) is 2.20. The van der Waals surface area contributed by atoms with Gasteiger partial charge in [-0.3, -0.25) is 0 Å². The first-order valence-corrected chi connectivity index (χ1v) is 17.1. The summed E-state index contributed by atoms with van der Waals surface area (Å²) in [4.78, 5) is 15.1. The molecule has 4 nitrogen and oxygen atoms in total. The predicted molar refractivity (Wildman–Crippen MR) is 206 cm³/mol. The molecule has 0 bridgehead atoms. The van der Waals surface area contributed by atoms with Gasteiger partial charge in [0, 0.05) is 33.5 Å². The normalized spacial score (nSPS) is 11.4. The van der Waals surface area contributed by atoms with Gasteiger partial charge in [-0.1, -0.05) is 127 Å². The highest BCUT2D eigenvalue weighted by atomic mass is 19.1. The lowest BCUT2D eigenvalue weighted by atomic mass is 10.00. The minimum atomic E-state index is -0.649. The second-order valence-corrected chi connectivity index (χ2v) is 12.9. The molecule has 2 heterocycles. The van der Waals surface area contributed by atoms with Crippen molar-refractivity contribution >= 4 is 21.8 Å². The summed E-state index contributed by atoms with van der Waals surface area (Å²) in [7, 11) is 0. The summed E-state index contributed by atoms with van der Waals surface area (Å²) >= 11 is 0. The maximum Gasteiger partial charge on any atom is 0.166 e. The molecule has 0 spiro atoms. The van der Waals surface area contributed by atoms with Gasteiger partial charge < -0.3 is 4.57 Å². The van der Waals surface area contributed by atoms with E-state index in [2.05, 4.69) is 66.1 Å². The van der Waals surface area contributed by atoms with Crippen molar-refractivity contribution in [2.75, 3.05) is 0 Å². The summed E-state index contributed by atoms with van der Waals surface area (Å²) in [5.74, 6) is 0.166. The van der Waals surface area contributed by atoms with Crippen LogP contribution in [0.25, 0.3) is 83.9 Å². The Bertz CT molecular complexity index is 2700. The summed E-state index contributed by atoms with van der Waals surface area (Å²) < 4.78 is 31.4. The minimum absolute atomic E-state index is 0.412. The SMILES string of the molecule is Cc1cccc(-c2ccc3c4ccccc4n(-c4ccc(-c5cc(F)cc(F)c5)cc4-c4nc(-c5ccccc5)nc(-c5ccccc5)n4)c3c2)c1. The van der Waals surface area contributed by atoms with Crippen LogP contribution in [0.1, 0.15) is 5.56 Å². The largest absolute Gasteiger partial charge is 0.308 e. The Kier molecular flexibility index (Phi) is 7.70. The van der Waals surface area contributed by atoms with E-state index >= 15 is 0 Å². The van der Waals surface area contributed by atoms with E-state index < -0.39 is 11.6 Å². The van der Waals surface area contributed by atoms with Crippen molar-refractivity contribution < 1.29 is 8.78 Å². The van der Waals surface area contributed by atoms with Crippen molar-refractivity contribution in [3.05, 3.63) is 181 Å². The van der Waals surface area contributed by atoms with Crippen molar-refractivity contribution in [1.82, 2.24) is 19.5 Å². The number of aryl methyl sites for hydroxylation is 1. The van der Waals surface area contributed by atoms with Gasteiger partial charge in [0.1, 0.15) is 11.6 Å². The molecule has 0 unspecified atom stereocenters. The van der Waals surface area contributed by atoms with Gasteiger partial charge in [0.05, 0.1) is 16.7 Å². The molecule has 0 aliphatic heterocycles. The van der Waals surface area contributed by atoms with E-state index in [1.807, 2.05) is 91.0 Å². The molecule has 0 amide bonds. The number of hydrogen-bond acceptors (Lipinski definition) is 3. The van der Waals surface area contributed by atoms with Crippen LogP contribution in [0.2, 0.25) is 0 Å². The second-order valence-electron chi connectivity index (χ2n) is 12.9. The Labute approximate surface area is 299 Å². The third-order valence-electron chi connectivity index (χ3n) is 9.40. The molecule has 0 aliphatic rings. The number of para-hydroxylation sites is 1. The number of rotatable bonds is 6. The Hall–Kier alpha value is -6.79. The molecular weight excluding hydrogens is 647 g/mol. The molecule has 0 radical (unpaired) electrons. The lowest BCUT2D eigenvalue weighted by Crippen LogP contribution is -2.04. The maximum absolute atomic E-state index is 14.6. The zero-order chi connectivity index (χ0) is 35.2. The highest BCUT2D eigenvalue weighted by Crippen LogP contribution is 2.39. The monoisotopic (exact) mass is 676 g/mol. The van der Waals surface area contributed by atoms with Crippen molar-refractivity contribution in [3.8, 4) is 62.1 Å². The fourth-order valence-corrected chi connectivity index (χ4v) is 6.97. The summed E-state index contributed by atoms with van der Waals surface area (Å²) in [5.41, 5.74) is 9.63. The van der Waals surface area contributed by atoms with Gasteiger partial charge in [-0.15, -0.1) is 0 Å². The minimum Gasteiger partial charge on any atom is -0.308 e. The number of nitrogens with zero attached hydrogens (tertiary/aromatic N) is 4. The van der Waals surface area contributed by atoms with Crippen LogP contribution in [0, 0.1) is 18.6 Å². The molecule has 0 fully saturated rings. The average Bonchev–Trinajstić information content (AvgIpc) is 3.51. The highest BCUT2D eigenvalue weighted by Gasteiger charge is 2.21. The van der Waals surface area contributed by atoms with E-state index in [1.54, 1.807) is 0 Å². The predicted octanol–water partition coefficient (Wildman–Crippen LogP) is 11.9. The third kappa shape index (κ3) is 5.70. The van der Waals surface area contributed by atoms with Gasteiger partial charge in [-0.25, -0.2) is 23.7 Å². The van der Waals surface area contributed by atoms with E-state index in [4.69, 9.17) is 15.0 Å². The van der Waals surface area contributed by atoms with E-state index in [0.29, 0.717) is 34.2 Å². The molecule has 0 N–H and O–H groups in total. The lowest BCUT2D eigenvalue weighted by molar-refractivity contribution is 0.584. The zero-order valence-electron chi connectivity index (χ0n) is 28.1. The van der Waals surface area contributed by atoms with Gasteiger partial charge >= 0.3 is 0 Å². The molecule has 0 atom stereocenters. The number of halogens is 2. The first-order chi connectivity index (χ1) is 25.5. The van der Waals surface area contributed by atoms with Crippen LogP contribution >= 0.6 is 0 Å². The van der Waals surface area contributed by atoms with E-state index in [0.717, 1.165) is 55.8 Å². The molecule has 52 heavy (non-hydrogen) atoms. The average molecular weight is 677 g/mol. The fraction of sp³-hybridized carbons (Fsp3) is 0.0217. The Balaban J connectivity index is 1.36. The van der Waals surface area contributed by atoms with Gasteiger partial charge in [0.2, 0.25) is 0 Å². The fourth-order valence-electron chi connectivity index (χ4n) is 6.97. The quantitative estimate of drug-likeness (QED) is 0.176. The Morgan fingerprint density at radius 1 is 0.404 bits per heavy atom. The van der Waals surface area contributed by atoms with Crippen molar-refractivity contribution in [2.24, 2.45) is 0 Å². The van der Waals surface area contributed by atoms with Gasteiger partial charge in [-0.05, 0) is 65.6 Å².